The Morgan fingerprint density at radius 2 is 2.00 bits per heavy atom. The van der Waals surface area contributed by atoms with E-state index in [0.717, 1.165) is 4.31 Å². The molecule has 2 rings (SSSR count). The molecule has 0 spiro atoms. The van der Waals surface area contributed by atoms with Gasteiger partial charge in [0, 0.05) is 13.1 Å². The van der Waals surface area contributed by atoms with Crippen LogP contribution in [0.15, 0.2) is 29.2 Å². The highest BCUT2D eigenvalue weighted by molar-refractivity contribution is 7.89. The predicted molar refractivity (Wildman–Crippen MR) is 76.8 cm³/mol. The van der Waals surface area contributed by atoms with Gasteiger partial charge in [0.25, 0.3) is 0 Å². The number of carbonyl (C=O) groups is 2. The van der Waals surface area contributed by atoms with Gasteiger partial charge in [-0.1, -0.05) is 13.0 Å². The van der Waals surface area contributed by atoms with E-state index in [4.69, 9.17) is 5.11 Å². The van der Waals surface area contributed by atoms with E-state index in [9.17, 15) is 18.0 Å². The molecule has 7 nitrogen and oxygen atoms in total. The predicted octanol–water partition coefficient (Wildman–Crippen LogP) is 0.814. The van der Waals surface area contributed by atoms with E-state index in [1.807, 2.05) is 0 Å². The Morgan fingerprint density at radius 3 is 2.55 bits per heavy atom. The van der Waals surface area contributed by atoms with Crippen molar-refractivity contribution in [3.8, 4) is 0 Å². The molecule has 1 N–H and O–H groups in total. The van der Waals surface area contributed by atoms with Crippen molar-refractivity contribution in [2.24, 2.45) is 11.8 Å². The molecule has 0 aliphatic carbocycles. The third-order valence-corrected chi connectivity index (χ3v) is 5.62. The Labute approximate surface area is 128 Å². The van der Waals surface area contributed by atoms with Gasteiger partial charge in [-0.3, -0.25) is 4.79 Å². The van der Waals surface area contributed by atoms with Crippen LogP contribution in [0.5, 0.6) is 0 Å². The first-order chi connectivity index (χ1) is 10.3. The average Bonchev–Trinajstić information content (AvgIpc) is 2.89. The smallest absolute Gasteiger partial charge is 0.337 e. The van der Waals surface area contributed by atoms with Crippen molar-refractivity contribution in [3.63, 3.8) is 0 Å². The zero-order valence-corrected chi connectivity index (χ0v) is 13.0. The molecule has 0 unspecified atom stereocenters. The molecule has 8 heteroatoms. The van der Waals surface area contributed by atoms with E-state index < -0.39 is 27.9 Å². The molecule has 0 saturated carbocycles. The third kappa shape index (κ3) is 2.97. The molecule has 0 bridgehead atoms. The summed E-state index contributed by atoms with van der Waals surface area (Å²) >= 11 is 0. The highest BCUT2D eigenvalue weighted by Crippen LogP contribution is 2.29. The van der Waals surface area contributed by atoms with Crippen molar-refractivity contribution in [2.45, 2.75) is 11.8 Å². The molecule has 0 aromatic heterocycles. The summed E-state index contributed by atoms with van der Waals surface area (Å²) in [4.78, 5) is 22.6. The van der Waals surface area contributed by atoms with Crippen LogP contribution in [-0.2, 0) is 19.6 Å². The standard InChI is InChI=1S/C14H17NO6S/c1-9-7-15(8-12(9)13(16)17)22(19,20)11-5-3-4-10(6-11)14(18)21-2/h3-6,9,12H,7-8H2,1-2H3,(H,16,17)/t9-,12-/m1/s1. The van der Waals surface area contributed by atoms with E-state index in [2.05, 4.69) is 4.74 Å². The number of esters is 1. The van der Waals surface area contributed by atoms with Gasteiger partial charge in [-0.25, -0.2) is 13.2 Å². The maximum Gasteiger partial charge on any atom is 0.337 e. The summed E-state index contributed by atoms with van der Waals surface area (Å²) in [5.74, 6) is -2.63. The fourth-order valence-electron chi connectivity index (χ4n) is 2.49. The summed E-state index contributed by atoms with van der Waals surface area (Å²) in [6.45, 7) is 1.78. The van der Waals surface area contributed by atoms with Gasteiger partial charge in [-0.2, -0.15) is 4.31 Å². The van der Waals surface area contributed by atoms with Crippen molar-refractivity contribution in [2.75, 3.05) is 20.2 Å². The average molecular weight is 327 g/mol. The monoisotopic (exact) mass is 327 g/mol. The lowest BCUT2D eigenvalue weighted by Gasteiger charge is -2.16. The number of ether oxygens (including phenoxy) is 1. The van der Waals surface area contributed by atoms with Gasteiger partial charge in [0.1, 0.15) is 0 Å². The zero-order valence-electron chi connectivity index (χ0n) is 12.2. The van der Waals surface area contributed by atoms with Crippen molar-refractivity contribution >= 4 is 22.0 Å². The maximum atomic E-state index is 12.6. The molecule has 1 aliphatic rings. The number of sulfonamides is 1. The van der Waals surface area contributed by atoms with Crippen LogP contribution in [0.25, 0.3) is 0 Å². The Hall–Kier alpha value is -1.93. The van der Waals surface area contributed by atoms with Gasteiger partial charge in [0.2, 0.25) is 10.0 Å². The van der Waals surface area contributed by atoms with E-state index in [-0.39, 0.29) is 29.5 Å². The summed E-state index contributed by atoms with van der Waals surface area (Å²) in [5, 5.41) is 9.10. The lowest BCUT2D eigenvalue weighted by molar-refractivity contribution is -0.142. The van der Waals surface area contributed by atoms with E-state index in [1.165, 1.54) is 31.4 Å². The molecular formula is C14H17NO6S. The SMILES string of the molecule is COC(=O)c1cccc(S(=O)(=O)N2C[C@@H](C)[C@H](C(=O)O)C2)c1. The Bertz CT molecular complexity index is 699. The minimum Gasteiger partial charge on any atom is -0.481 e. The minimum absolute atomic E-state index is 0.0476. The van der Waals surface area contributed by atoms with Crippen molar-refractivity contribution in [1.82, 2.24) is 4.31 Å². The molecule has 1 saturated heterocycles. The number of carboxylic acids is 1. The lowest BCUT2D eigenvalue weighted by Crippen LogP contribution is -2.30. The number of aliphatic carboxylic acids is 1. The van der Waals surface area contributed by atoms with E-state index in [1.54, 1.807) is 6.92 Å². The first-order valence-electron chi connectivity index (χ1n) is 6.68. The van der Waals surface area contributed by atoms with Crippen LogP contribution in [0.3, 0.4) is 0 Å². The number of rotatable bonds is 4. The molecule has 1 heterocycles. The molecule has 1 aromatic carbocycles. The first-order valence-corrected chi connectivity index (χ1v) is 8.12. The van der Waals surface area contributed by atoms with Gasteiger partial charge in [-0.05, 0) is 24.1 Å². The maximum absolute atomic E-state index is 12.6. The summed E-state index contributed by atoms with van der Waals surface area (Å²) in [6.07, 6.45) is 0. The molecule has 0 radical (unpaired) electrons. The van der Waals surface area contributed by atoms with Crippen molar-refractivity contribution in [1.29, 1.82) is 0 Å². The summed E-state index contributed by atoms with van der Waals surface area (Å²) in [5.41, 5.74) is 0.130. The van der Waals surface area contributed by atoms with Gasteiger partial charge in [0.15, 0.2) is 0 Å². The summed E-state index contributed by atoms with van der Waals surface area (Å²) < 4.78 is 30.9. The van der Waals surface area contributed by atoms with Gasteiger partial charge < -0.3 is 9.84 Å². The molecule has 1 aliphatic heterocycles. The third-order valence-electron chi connectivity index (χ3n) is 3.79. The fraction of sp³-hybridized carbons (Fsp3) is 0.429. The van der Waals surface area contributed by atoms with E-state index >= 15 is 0 Å². The second kappa shape index (κ2) is 6.05. The quantitative estimate of drug-likeness (QED) is 0.822. The normalized spacial score (nSPS) is 22.5. The number of nitrogens with zero attached hydrogens (tertiary/aromatic N) is 1. The molecule has 2 atom stereocenters. The van der Waals surface area contributed by atoms with Gasteiger partial charge >= 0.3 is 11.9 Å². The largest absolute Gasteiger partial charge is 0.481 e. The zero-order chi connectivity index (χ0) is 16.5. The number of carbonyl (C=O) groups excluding carboxylic acids is 1. The lowest BCUT2D eigenvalue weighted by atomic mass is 9.99. The highest BCUT2D eigenvalue weighted by Gasteiger charge is 2.40. The van der Waals surface area contributed by atoms with Crippen LogP contribution in [0.1, 0.15) is 17.3 Å². The van der Waals surface area contributed by atoms with Crippen LogP contribution in [0.4, 0.5) is 0 Å². The Kier molecular flexibility index (Phi) is 4.52. The molecule has 22 heavy (non-hydrogen) atoms. The Morgan fingerprint density at radius 1 is 1.32 bits per heavy atom. The number of carboxylic acid groups (broad SMARTS) is 1. The molecule has 1 fully saturated rings. The number of benzene rings is 1. The number of hydrogen-bond acceptors (Lipinski definition) is 5. The van der Waals surface area contributed by atoms with Crippen LogP contribution >= 0.6 is 0 Å². The topological polar surface area (TPSA) is 101 Å². The van der Waals surface area contributed by atoms with E-state index in [0.29, 0.717) is 0 Å². The van der Waals surface area contributed by atoms with Gasteiger partial charge in [0.05, 0.1) is 23.5 Å². The summed E-state index contributed by atoms with van der Waals surface area (Å²) in [6, 6.07) is 5.52. The molecule has 0 amide bonds. The second-order valence-corrected chi connectivity index (χ2v) is 7.20. The van der Waals surface area contributed by atoms with Crippen molar-refractivity contribution in [3.05, 3.63) is 29.8 Å². The number of hydrogen-bond donors (Lipinski definition) is 1. The van der Waals surface area contributed by atoms with Crippen LogP contribution < -0.4 is 0 Å². The van der Waals surface area contributed by atoms with Crippen LogP contribution in [-0.4, -0.2) is 50.0 Å². The summed E-state index contributed by atoms with van der Waals surface area (Å²) in [7, 11) is -2.63. The molecular weight excluding hydrogens is 310 g/mol. The first kappa shape index (κ1) is 16.4. The van der Waals surface area contributed by atoms with Gasteiger partial charge in [-0.15, -0.1) is 0 Å². The minimum atomic E-state index is -3.84. The number of methoxy groups -OCH3 is 1. The van der Waals surface area contributed by atoms with Crippen LogP contribution in [0.2, 0.25) is 0 Å². The Balaban J connectivity index is 2.32. The van der Waals surface area contributed by atoms with Crippen LogP contribution in [0, 0.1) is 11.8 Å². The molecule has 120 valence electrons. The fourth-order valence-corrected chi connectivity index (χ4v) is 4.10. The molecule has 1 aromatic rings. The second-order valence-electron chi connectivity index (χ2n) is 5.26. The highest BCUT2D eigenvalue weighted by atomic mass is 32.2. The van der Waals surface area contributed by atoms with Crippen molar-refractivity contribution < 1.29 is 27.9 Å².